The quantitative estimate of drug-likeness (QED) is 0.743. The molecule has 1 aromatic carbocycles. The van der Waals surface area contributed by atoms with Crippen LogP contribution in [0.3, 0.4) is 0 Å². The number of halogens is 2. The largest absolute Gasteiger partial charge is 0.223 e. The van der Waals surface area contributed by atoms with Crippen LogP contribution in [-0.2, 0) is 6.42 Å². The molecule has 0 saturated carbocycles. The van der Waals surface area contributed by atoms with Crippen molar-refractivity contribution in [3.8, 4) is 17.2 Å². The number of aromatic nitrogens is 1. The van der Waals surface area contributed by atoms with Crippen molar-refractivity contribution in [2.45, 2.75) is 6.42 Å². The van der Waals surface area contributed by atoms with Crippen LogP contribution in [0, 0.1) is 23.1 Å². The van der Waals surface area contributed by atoms with E-state index in [2.05, 4.69) is 4.98 Å². The van der Waals surface area contributed by atoms with Crippen molar-refractivity contribution in [2.24, 2.45) is 0 Å². The van der Waals surface area contributed by atoms with E-state index in [1.807, 2.05) is 6.07 Å². The fourth-order valence-electron chi connectivity index (χ4n) is 1.53. The summed E-state index contributed by atoms with van der Waals surface area (Å²) in [5, 5.41) is 8.47. The van der Waals surface area contributed by atoms with Crippen LogP contribution < -0.4 is 0 Å². The maximum Gasteiger partial charge on any atom is 0.221 e. The zero-order valence-electron chi connectivity index (χ0n) is 8.82. The normalized spacial score (nSPS) is 9.94. The van der Waals surface area contributed by atoms with E-state index in [0.29, 0.717) is 5.69 Å². The summed E-state index contributed by atoms with van der Waals surface area (Å²) in [5.74, 6) is -1.26. The predicted molar refractivity (Wildman–Crippen MR) is 58.9 cm³/mol. The summed E-state index contributed by atoms with van der Waals surface area (Å²) in [6, 6.07) is 10.7. The Labute approximate surface area is 97.2 Å². The van der Waals surface area contributed by atoms with Crippen molar-refractivity contribution in [1.82, 2.24) is 4.98 Å². The first-order chi connectivity index (χ1) is 8.22. The third-order valence-electron chi connectivity index (χ3n) is 2.33. The van der Waals surface area contributed by atoms with Crippen LogP contribution in [0.5, 0.6) is 0 Å². The molecule has 0 unspecified atom stereocenters. The maximum absolute atomic E-state index is 13.7. The highest BCUT2D eigenvalue weighted by molar-refractivity contribution is 5.63. The van der Waals surface area contributed by atoms with Gasteiger partial charge in [0.05, 0.1) is 18.2 Å². The molecule has 0 spiro atoms. The van der Waals surface area contributed by atoms with Crippen LogP contribution in [0.15, 0.2) is 36.4 Å². The van der Waals surface area contributed by atoms with Gasteiger partial charge in [-0.3, -0.25) is 0 Å². The number of rotatable bonds is 2. The molecule has 2 nitrogen and oxygen atoms in total. The molecule has 0 aliphatic heterocycles. The SMILES string of the molecule is N#CCc1ccc(-c2ccccc2F)c(F)n1. The number of hydrogen-bond donors (Lipinski definition) is 0. The van der Waals surface area contributed by atoms with Crippen LogP contribution in [0.2, 0.25) is 0 Å². The van der Waals surface area contributed by atoms with Crippen molar-refractivity contribution in [3.05, 3.63) is 53.9 Å². The van der Waals surface area contributed by atoms with E-state index >= 15 is 0 Å². The van der Waals surface area contributed by atoms with Crippen molar-refractivity contribution >= 4 is 0 Å². The Morgan fingerprint density at radius 2 is 1.82 bits per heavy atom. The molecule has 17 heavy (non-hydrogen) atoms. The van der Waals surface area contributed by atoms with Gasteiger partial charge in [0.25, 0.3) is 0 Å². The Hall–Kier alpha value is -2.28. The molecule has 2 rings (SSSR count). The molecule has 4 heteroatoms. The van der Waals surface area contributed by atoms with E-state index in [1.54, 1.807) is 6.07 Å². The molecule has 1 aromatic heterocycles. The summed E-state index contributed by atoms with van der Waals surface area (Å²) in [5.41, 5.74) is 0.607. The molecule has 0 N–H and O–H groups in total. The van der Waals surface area contributed by atoms with Gasteiger partial charge in [-0.15, -0.1) is 0 Å². The number of pyridine rings is 1. The van der Waals surface area contributed by atoms with Gasteiger partial charge in [-0.2, -0.15) is 9.65 Å². The highest BCUT2D eigenvalue weighted by Gasteiger charge is 2.11. The lowest BCUT2D eigenvalue weighted by molar-refractivity contribution is 0.578. The highest BCUT2D eigenvalue weighted by atomic mass is 19.1. The zero-order chi connectivity index (χ0) is 12.3. The van der Waals surface area contributed by atoms with Crippen molar-refractivity contribution in [3.63, 3.8) is 0 Å². The van der Waals surface area contributed by atoms with Gasteiger partial charge in [-0.05, 0) is 18.2 Å². The second-order valence-electron chi connectivity index (χ2n) is 3.46. The van der Waals surface area contributed by atoms with Gasteiger partial charge in [-0.25, -0.2) is 9.37 Å². The van der Waals surface area contributed by atoms with Gasteiger partial charge in [0.2, 0.25) is 5.95 Å². The van der Waals surface area contributed by atoms with Gasteiger partial charge in [0.1, 0.15) is 5.82 Å². The minimum Gasteiger partial charge on any atom is -0.223 e. The molecular formula is C13H8F2N2. The average molecular weight is 230 g/mol. The third kappa shape index (κ3) is 2.28. The molecule has 2 aromatic rings. The average Bonchev–Trinajstić information content (AvgIpc) is 2.31. The lowest BCUT2D eigenvalue weighted by Crippen LogP contribution is -1.96. The van der Waals surface area contributed by atoms with Crippen LogP contribution >= 0.6 is 0 Å². The zero-order valence-corrected chi connectivity index (χ0v) is 8.82. The summed E-state index contributed by atoms with van der Waals surface area (Å²) >= 11 is 0. The Morgan fingerprint density at radius 3 is 2.47 bits per heavy atom. The first kappa shape index (κ1) is 11.2. The summed E-state index contributed by atoms with van der Waals surface area (Å²) in [7, 11) is 0. The van der Waals surface area contributed by atoms with Gasteiger partial charge in [0.15, 0.2) is 0 Å². The van der Waals surface area contributed by atoms with E-state index in [1.165, 1.54) is 30.3 Å². The highest BCUT2D eigenvalue weighted by Crippen LogP contribution is 2.24. The Morgan fingerprint density at radius 1 is 1.06 bits per heavy atom. The third-order valence-corrected chi connectivity index (χ3v) is 2.33. The molecule has 0 radical (unpaired) electrons. The number of hydrogen-bond acceptors (Lipinski definition) is 2. The van der Waals surface area contributed by atoms with Crippen LogP contribution in [0.4, 0.5) is 8.78 Å². The molecule has 0 aliphatic carbocycles. The first-order valence-corrected chi connectivity index (χ1v) is 4.99. The minimum absolute atomic E-state index is 0.0362. The monoisotopic (exact) mass is 230 g/mol. The van der Waals surface area contributed by atoms with Gasteiger partial charge >= 0.3 is 0 Å². The minimum atomic E-state index is -0.761. The predicted octanol–water partition coefficient (Wildman–Crippen LogP) is 3.09. The van der Waals surface area contributed by atoms with Crippen LogP contribution in [0.1, 0.15) is 5.69 Å². The topological polar surface area (TPSA) is 36.7 Å². The van der Waals surface area contributed by atoms with E-state index in [9.17, 15) is 8.78 Å². The molecule has 0 aliphatic rings. The summed E-state index contributed by atoms with van der Waals surface area (Å²) in [4.78, 5) is 3.62. The van der Waals surface area contributed by atoms with Crippen LogP contribution in [0.25, 0.3) is 11.1 Å². The maximum atomic E-state index is 13.7. The summed E-state index contributed by atoms with van der Waals surface area (Å²) in [6.07, 6.45) is 0.0362. The molecule has 0 fully saturated rings. The summed E-state index contributed by atoms with van der Waals surface area (Å²) in [6.45, 7) is 0. The molecule has 0 atom stereocenters. The van der Waals surface area contributed by atoms with Gasteiger partial charge in [0, 0.05) is 11.1 Å². The van der Waals surface area contributed by atoms with E-state index in [0.717, 1.165) is 0 Å². The second-order valence-corrected chi connectivity index (χ2v) is 3.46. The first-order valence-electron chi connectivity index (χ1n) is 4.99. The fourth-order valence-corrected chi connectivity index (χ4v) is 1.53. The Balaban J connectivity index is 2.48. The number of nitriles is 1. The van der Waals surface area contributed by atoms with E-state index in [4.69, 9.17) is 5.26 Å². The Kier molecular flexibility index (Phi) is 3.10. The number of nitrogens with zero attached hydrogens (tertiary/aromatic N) is 2. The van der Waals surface area contributed by atoms with Crippen molar-refractivity contribution < 1.29 is 8.78 Å². The molecule has 84 valence electrons. The lowest BCUT2D eigenvalue weighted by Gasteiger charge is -2.05. The number of benzene rings is 1. The molecule has 0 bridgehead atoms. The van der Waals surface area contributed by atoms with Crippen LogP contribution in [-0.4, -0.2) is 4.98 Å². The second kappa shape index (κ2) is 4.71. The Bertz CT molecular complexity index is 588. The fraction of sp³-hybridized carbons (Fsp3) is 0.0769. The smallest absolute Gasteiger partial charge is 0.221 e. The van der Waals surface area contributed by atoms with Gasteiger partial charge < -0.3 is 0 Å². The molecule has 0 amide bonds. The van der Waals surface area contributed by atoms with E-state index < -0.39 is 11.8 Å². The lowest BCUT2D eigenvalue weighted by atomic mass is 10.1. The van der Waals surface area contributed by atoms with E-state index in [-0.39, 0.29) is 17.5 Å². The molecule has 1 heterocycles. The molecular weight excluding hydrogens is 222 g/mol. The molecule has 0 saturated heterocycles. The van der Waals surface area contributed by atoms with Gasteiger partial charge in [-0.1, -0.05) is 18.2 Å². The summed E-state index contributed by atoms with van der Waals surface area (Å²) < 4.78 is 27.1. The standard InChI is InChI=1S/C13H8F2N2/c14-12-4-2-1-3-10(12)11-6-5-9(7-8-16)17-13(11)15/h1-6H,7H2. The van der Waals surface area contributed by atoms with Crippen molar-refractivity contribution in [1.29, 1.82) is 5.26 Å². The van der Waals surface area contributed by atoms with Crippen molar-refractivity contribution in [2.75, 3.05) is 0 Å².